The fraction of sp³-hybridized carbons (Fsp3) is 0.750. The van der Waals surface area contributed by atoms with Crippen molar-refractivity contribution in [1.29, 1.82) is 0 Å². The molecule has 1 aromatic carbocycles. The van der Waals surface area contributed by atoms with E-state index in [4.69, 9.17) is 0 Å². The second kappa shape index (κ2) is 14.9. The summed E-state index contributed by atoms with van der Waals surface area (Å²) in [6.45, 7) is 4.50. The summed E-state index contributed by atoms with van der Waals surface area (Å²) in [6.07, 6.45) is 19.8. The van der Waals surface area contributed by atoms with Crippen LogP contribution in [-0.2, 0) is 12.8 Å². The molecule has 0 spiro atoms. The summed E-state index contributed by atoms with van der Waals surface area (Å²) in [6, 6.07) is 3.59. The van der Waals surface area contributed by atoms with Crippen molar-refractivity contribution in [3.63, 3.8) is 0 Å². The molecule has 26 heavy (non-hydrogen) atoms. The fourth-order valence-electron chi connectivity index (χ4n) is 3.62. The quantitative estimate of drug-likeness (QED) is 0.296. The summed E-state index contributed by atoms with van der Waals surface area (Å²) >= 11 is 0. The zero-order valence-corrected chi connectivity index (χ0v) is 17.4. The van der Waals surface area contributed by atoms with Crippen LogP contribution in [0.2, 0.25) is 0 Å². The third-order valence-electron chi connectivity index (χ3n) is 5.38. The maximum atomic E-state index is 10.1. The SMILES string of the molecule is CCCCCCCCCc1cc(CCCCCCCCC)c(O)cc1O. The zero-order valence-electron chi connectivity index (χ0n) is 17.4. The van der Waals surface area contributed by atoms with E-state index < -0.39 is 0 Å². The standard InChI is InChI=1S/C24H42O2/c1-3-5-7-9-11-13-15-17-21-19-22(24(26)20-23(21)25)18-16-14-12-10-8-6-4-2/h19-20,25-26H,3-18H2,1-2H3. The smallest absolute Gasteiger partial charge is 0.122 e. The van der Waals surface area contributed by atoms with Crippen molar-refractivity contribution < 1.29 is 10.2 Å². The highest BCUT2D eigenvalue weighted by atomic mass is 16.3. The van der Waals surface area contributed by atoms with Crippen molar-refractivity contribution in [3.05, 3.63) is 23.3 Å². The Labute approximate surface area is 162 Å². The molecule has 2 nitrogen and oxygen atoms in total. The van der Waals surface area contributed by atoms with Crippen molar-refractivity contribution in [1.82, 2.24) is 0 Å². The van der Waals surface area contributed by atoms with Crippen molar-refractivity contribution in [2.24, 2.45) is 0 Å². The Balaban J connectivity index is 2.30. The van der Waals surface area contributed by atoms with E-state index in [0.717, 1.165) is 36.8 Å². The van der Waals surface area contributed by atoms with Crippen LogP contribution >= 0.6 is 0 Å². The average molecular weight is 363 g/mol. The van der Waals surface area contributed by atoms with Gasteiger partial charge in [0, 0.05) is 6.07 Å². The molecule has 1 rings (SSSR count). The van der Waals surface area contributed by atoms with Gasteiger partial charge < -0.3 is 10.2 Å². The monoisotopic (exact) mass is 362 g/mol. The topological polar surface area (TPSA) is 40.5 Å². The zero-order chi connectivity index (χ0) is 19.0. The third-order valence-corrected chi connectivity index (χ3v) is 5.38. The molecule has 0 atom stereocenters. The van der Waals surface area contributed by atoms with E-state index in [1.54, 1.807) is 6.07 Å². The van der Waals surface area contributed by atoms with E-state index in [1.165, 1.54) is 77.0 Å². The first kappa shape index (κ1) is 22.9. The molecule has 150 valence electrons. The Morgan fingerprint density at radius 3 is 1.23 bits per heavy atom. The van der Waals surface area contributed by atoms with Crippen LogP contribution in [0.1, 0.15) is 115 Å². The number of benzene rings is 1. The van der Waals surface area contributed by atoms with Crippen LogP contribution in [0.5, 0.6) is 11.5 Å². The van der Waals surface area contributed by atoms with Crippen LogP contribution in [0.25, 0.3) is 0 Å². The average Bonchev–Trinajstić information content (AvgIpc) is 2.63. The van der Waals surface area contributed by atoms with Gasteiger partial charge in [0.15, 0.2) is 0 Å². The maximum absolute atomic E-state index is 10.1. The minimum absolute atomic E-state index is 0.261. The normalized spacial score (nSPS) is 11.2. The van der Waals surface area contributed by atoms with Gasteiger partial charge in [-0.15, -0.1) is 0 Å². The lowest BCUT2D eigenvalue weighted by Crippen LogP contribution is -1.93. The predicted octanol–water partition coefficient (Wildman–Crippen LogP) is 7.68. The molecule has 0 amide bonds. The summed E-state index contributed by atoms with van der Waals surface area (Å²) < 4.78 is 0. The van der Waals surface area contributed by atoms with Crippen LogP contribution < -0.4 is 0 Å². The highest BCUT2D eigenvalue weighted by Crippen LogP contribution is 2.30. The second-order valence-electron chi connectivity index (χ2n) is 7.85. The molecule has 0 aliphatic heterocycles. The van der Waals surface area contributed by atoms with Crippen molar-refractivity contribution in [2.45, 2.75) is 117 Å². The largest absolute Gasteiger partial charge is 0.508 e. The molecule has 0 unspecified atom stereocenters. The van der Waals surface area contributed by atoms with Crippen LogP contribution in [0.4, 0.5) is 0 Å². The van der Waals surface area contributed by atoms with Crippen LogP contribution in [-0.4, -0.2) is 10.2 Å². The number of phenols is 2. The molecule has 0 bridgehead atoms. The molecule has 0 saturated heterocycles. The molecular weight excluding hydrogens is 320 g/mol. The van der Waals surface area contributed by atoms with Gasteiger partial charge in [0.1, 0.15) is 11.5 Å². The first-order valence-electron chi connectivity index (χ1n) is 11.2. The van der Waals surface area contributed by atoms with Gasteiger partial charge in [-0.2, -0.15) is 0 Å². The maximum Gasteiger partial charge on any atom is 0.122 e. The third kappa shape index (κ3) is 10.1. The molecule has 0 aromatic heterocycles. The highest BCUT2D eigenvalue weighted by Gasteiger charge is 2.09. The van der Waals surface area contributed by atoms with Gasteiger partial charge in [0.2, 0.25) is 0 Å². The number of phenolic OH excluding ortho intramolecular Hbond substituents is 2. The van der Waals surface area contributed by atoms with Crippen LogP contribution in [0.15, 0.2) is 12.1 Å². The first-order chi connectivity index (χ1) is 12.7. The Morgan fingerprint density at radius 1 is 0.500 bits per heavy atom. The summed E-state index contributed by atoms with van der Waals surface area (Å²) in [5.41, 5.74) is 2.02. The number of unbranched alkanes of at least 4 members (excludes halogenated alkanes) is 12. The van der Waals surface area contributed by atoms with Gasteiger partial charge in [-0.25, -0.2) is 0 Å². The lowest BCUT2D eigenvalue weighted by molar-refractivity contribution is 0.439. The second-order valence-corrected chi connectivity index (χ2v) is 7.85. The first-order valence-corrected chi connectivity index (χ1v) is 11.2. The lowest BCUT2D eigenvalue weighted by Gasteiger charge is -2.11. The van der Waals surface area contributed by atoms with Crippen molar-refractivity contribution in [2.75, 3.05) is 0 Å². The van der Waals surface area contributed by atoms with E-state index in [1.807, 2.05) is 6.07 Å². The van der Waals surface area contributed by atoms with Gasteiger partial charge >= 0.3 is 0 Å². The number of hydrogen-bond donors (Lipinski definition) is 2. The van der Waals surface area contributed by atoms with Gasteiger partial charge in [-0.1, -0.05) is 90.9 Å². The van der Waals surface area contributed by atoms with Crippen LogP contribution in [0.3, 0.4) is 0 Å². The molecule has 1 aromatic rings. The Morgan fingerprint density at radius 2 is 0.846 bits per heavy atom. The summed E-state index contributed by atoms with van der Waals surface area (Å²) in [5, 5.41) is 20.2. The lowest BCUT2D eigenvalue weighted by atomic mass is 9.98. The van der Waals surface area contributed by atoms with Gasteiger partial charge in [-0.3, -0.25) is 0 Å². The molecule has 2 heteroatoms. The molecule has 0 saturated carbocycles. The summed E-state index contributed by atoms with van der Waals surface area (Å²) in [5.74, 6) is 0.522. The Hall–Kier alpha value is -1.18. The molecule has 2 N–H and O–H groups in total. The molecule has 0 aliphatic rings. The Kier molecular flexibility index (Phi) is 13.1. The van der Waals surface area contributed by atoms with Crippen LogP contribution in [0, 0.1) is 0 Å². The van der Waals surface area contributed by atoms with E-state index in [-0.39, 0.29) is 11.5 Å². The number of aromatic hydroxyl groups is 2. The number of hydrogen-bond acceptors (Lipinski definition) is 2. The van der Waals surface area contributed by atoms with E-state index in [0.29, 0.717) is 0 Å². The summed E-state index contributed by atoms with van der Waals surface area (Å²) in [4.78, 5) is 0. The number of aryl methyl sites for hydroxylation is 2. The van der Waals surface area contributed by atoms with Gasteiger partial charge in [-0.05, 0) is 42.9 Å². The summed E-state index contributed by atoms with van der Waals surface area (Å²) in [7, 11) is 0. The fourth-order valence-corrected chi connectivity index (χ4v) is 3.62. The minimum Gasteiger partial charge on any atom is -0.508 e. The molecule has 0 fully saturated rings. The minimum atomic E-state index is 0.261. The van der Waals surface area contributed by atoms with E-state index >= 15 is 0 Å². The van der Waals surface area contributed by atoms with Gasteiger partial charge in [0.05, 0.1) is 0 Å². The molecule has 0 aliphatic carbocycles. The number of rotatable bonds is 16. The van der Waals surface area contributed by atoms with Gasteiger partial charge in [0.25, 0.3) is 0 Å². The van der Waals surface area contributed by atoms with E-state index in [2.05, 4.69) is 13.8 Å². The van der Waals surface area contributed by atoms with E-state index in [9.17, 15) is 10.2 Å². The molecule has 0 radical (unpaired) electrons. The Bertz CT molecular complexity index is 428. The van der Waals surface area contributed by atoms with Crippen molar-refractivity contribution >= 4 is 0 Å². The molecule has 0 heterocycles. The van der Waals surface area contributed by atoms with Crippen molar-refractivity contribution in [3.8, 4) is 11.5 Å². The molecular formula is C24H42O2. The predicted molar refractivity (Wildman–Crippen MR) is 113 cm³/mol. The highest BCUT2D eigenvalue weighted by molar-refractivity contribution is 5.45.